The summed E-state index contributed by atoms with van der Waals surface area (Å²) in [5.74, 6) is 0.571. The lowest BCUT2D eigenvalue weighted by atomic mass is 10.2. The van der Waals surface area contributed by atoms with Crippen LogP contribution < -0.4 is 25.4 Å². The molecule has 0 fully saturated rings. The highest BCUT2D eigenvalue weighted by Gasteiger charge is 2.21. The van der Waals surface area contributed by atoms with Crippen molar-refractivity contribution in [2.45, 2.75) is 6.92 Å². The highest BCUT2D eigenvalue weighted by atomic mass is 16.5. The number of benzene rings is 2. The fraction of sp³-hybridized carbons (Fsp3) is 0.176. The Balaban J connectivity index is 2.27. The number of amides is 3. The van der Waals surface area contributed by atoms with Crippen LogP contribution in [-0.2, 0) is 4.79 Å². The van der Waals surface area contributed by atoms with Gasteiger partial charge in [-0.05, 0) is 30.3 Å². The zero-order valence-corrected chi connectivity index (χ0v) is 13.7. The van der Waals surface area contributed by atoms with Crippen molar-refractivity contribution in [1.82, 2.24) is 0 Å². The quantitative estimate of drug-likeness (QED) is 0.841. The van der Waals surface area contributed by atoms with Gasteiger partial charge in [0.1, 0.15) is 0 Å². The molecule has 0 saturated carbocycles. The molecule has 0 bridgehead atoms. The van der Waals surface area contributed by atoms with Gasteiger partial charge in [-0.1, -0.05) is 6.07 Å². The molecule has 0 unspecified atom stereocenters. The Morgan fingerprint density at radius 2 is 1.75 bits per heavy atom. The lowest BCUT2D eigenvalue weighted by molar-refractivity contribution is -0.115. The molecule has 0 aliphatic carbocycles. The van der Waals surface area contributed by atoms with Gasteiger partial charge in [-0.3, -0.25) is 4.79 Å². The van der Waals surface area contributed by atoms with Crippen molar-refractivity contribution in [3.8, 4) is 11.5 Å². The normalized spacial score (nSPS) is 9.96. The third kappa shape index (κ3) is 3.75. The van der Waals surface area contributed by atoms with Gasteiger partial charge in [-0.15, -0.1) is 0 Å². The monoisotopic (exact) mass is 329 g/mol. The van der Waals surface area contributed by atoms with Crippen LogP contribution in [0.15, 0.2) is 42.5 Å². The molecule has 0 saturated heterocycles. The highest BCUT2D eigenvalue weighted by molar-refractivity contribution is 6.18. The molecule has 0 heterocycles. The van der Waals surface area contributed by atoms with Crippen molar-refractivity contribution in [3.63, 3.8) is 0 Å². The molecule has 24 heavy (non-hydrogen) atoms. The Labute approximate surface area is 140 Å². The molecular weight excluding hydrogens is 310 g/mol. The van der Waals surface area contributed by atoms with E-state index in [1.165, 1.54) is 21.1 Å². The van der Waals surface area contributed by atoms with Gasteiger partial charge in [0.05, 0.1) is 19.9 Å². The first-order chi connectivity index (χ1) is 11.5. The Morgan fingerprint density at radius 1 is 1.04 bits per heavy atom. The molecule has 7 nitrogen and oxygen atoms in total. The molecule has 3 amide bonds. The number of nitrogens with one attached hydrogen (secondary N) is 1. The average molecular weight is 329 g/mol. The summed E-state index contributed by atoms with van der Waals surface area (Å²) in [5, 5.41) is 2.66. The molecule has 0 aromatic heterocycles. The summed E-state index contributed by atoms with van der Waals surface area (Å²) in [6, 6.07) is 10.8. The van der Waals surface area contributed by atoms with Crippen LogP contribution in [0.4, 0.5) is 21.9 Å². The number of urea groups is 1. The first kappa shape index (κ1) is 17.1. The van der Waals surface area contributed by atoms with Gasteiger partial charge in [0.25, 0.3) is 0 Å². The molecule has 0 radical (unpaired) electrons. The van der Waals surface area contributed by atoms with Crippen molar-refractivity contribution in [1.29, 1.82) is 0 Å². The predicted octanol–water partition coefficient (Wildman–Crippen LogP) is 2.87. The number of rotatable bonds is 4. The van der Waals surface area contributed by atoms with Crippen LogP contribution in [0.25, 0.3) is 0 Å². The van der Waals surface area contributed by atoms with Gasteiger partial charge in [0.2, 0.25) is 5.91 Å². The number of hydrogen-bond donors (Lipinski definition) is 2. The molecule has 0 atom stereocenters. The minimum atomic E-state index is -0.597. The molecule has 126 valence electrons. The van der Waals surface area contributed by atoms with Crippen LogP contribution in [0.3, 0.4) is 0 Å². The first-order valence-electron chi connectivity index (χ1n) is 7.15. The molecule has 7 heteroatoms. The largest absolute Gasteiger partial charge is 0.493 e. The summed E-state index contributed by atoms with van der Waals surface area (Å²) >= 11 is 0. The number of ether oxygens (including phenoxy) is 2. The first-order valence-corrected chi connectivity index (χ1v) is 7.15. The number of nitrogens with zero attached hydrogens (tertiary/aromatic N) is 1. The zero-order chi connectivity index (χ0) is 17.7. The van der Waals surface area contributed by atoms with E-state index >= 15 is 0 Å². The Kier molecular flexibility index (Phi) is 5.26. The maximum Gasteiger partial charge on any atom is 0.333 e. The molecule has 0 spiro atoms. The highest BCUT2D eigenvalue weighted by Crippen LogP contribution is 2.30. The van der Waals surface area contributed by atoms with Crippen LogP contribution in [0.1, 0.15) is 6.92 Å². The number of hydrogen-bond acceptors (Lipinski definition) is 5. The van der Waals surface area contributed by atoms with Crippen molar-refractivity contribution in [3.05, 3.63) is 42.5 Å². The standard InChI is InChI=1S/C17H19N3O4/c1-11(21)20(14-6-4-5-12(18)9-14)17(22)19-13-7-8-15(23-2)16(10-13)24-3/h4-10H,18H2,1-3H3,(H,19,22). The minimum absolute atomic E-state index is 0.389. The second kappa shape index (κ2) is 7.36. The van der Waals surface area contributed by atoms with Gasteiger partial charge in [0, 0.05) is 24.4 Å². The maximum absolute atomic E-state index is 12.5. The second-order valence-electron chi connectivity index (χ2n) is 4.95. The van der Waals surface area contributed by atoms with Crippen LogP contribution >= 0.6 is 0 Å². The predicted molar refractivity (Wildman–Crippen MR) is 92.6 cm³/mol. The van der Waals surface area contributed by atoms with E-state index in [0.717, 1.165) is 4.90 Å². The van der Waals surface area contributed by atoms with Gasteiger partial charge in [0.15, 0.2) is 11.5 Å². The van der Waals surface area contributed by atoms with E-state index in [-0.39, 0.29) is 0 Å². The third-order valence-electron chi connectivity index (χ3n) is 3.28. The van der Waals surface area contributed by atoms with E-state index in [2.05, 4.69) is 5.32 Å². The van der Waals surface area contributed by atoms with Gasteiger partial charge >= 0.3 is 6.03 Å². The molecule has 0 aliphatic heterocycles. The molecular formula is C17H19N3O4. The Hall–Kier alpha value is -3.22. The van der Waals surface area contributed by atoms with E-state index in [1.807, 2.05) is 0 Å². The van der Waals surface area contributed by atoms with E-state index in [9.17, 15) is 9.59 Å². The summed E-state index contributed by atoms with van der Waals surface area (Å²) in [5.41, 5.74) is 7.03. The van der Waals surface area contributed by atoms with Crippen LogP contribution in [0, 0.1) is 0 Å². The summed E-state index contributed by atoms with van der Waals surface area (Å²) < 4.78 is 10.3. The maximum atomic E-state index is 12.5. The van der Waals surface area contributed by atoms with Crippen LogP contribution in [0.5, 0.6) is 11.5 Å². The summed E-state index contributed by atoms with van der Waals surface area (Å²) in [6.45, 7) is 1.30. The van der Waals surface area contributed by atoms with E-state index in [0.29, 0.717) is 28.6 Å². The van der Waals surface area contributed by atoms with Crippen LogP contribution in [-0.4, -0.2) is 26.2 Å². The number of anilines is 3. The van der Waals surface area contributed by atoms with E-state index in [4.69, 9.17) is 15.2 Å². The number of methoxy groups -OCH3 is 2. The number of nitrogens with two attached hydrogens (primary N) is 1. The third-order valence-corrected chi connectivity index (χ3v) is 3.28. The minimum Gasteiger partial charge on any atom is -0.493 e. The van der Waals surface area contributed by atoms with Gasteiger partial charge in [-0.25, -0.2) is 9.69 Å². The van der Waals surface area contributed by atoms with Crippen molar-refractivity contribution >= 4 is 29.0 Å². The lowest BCUT2D eigenvalue weighted by Crippen LogP contribution is -2.38. The fourth-order valence-electron chi connectivity index (χ4n) is 2.20. The Bertz CT molecular complexity index is 761. The lowest BCUT2D eigenvalue weighted by Gasteiger charge is -2.20. The number of carbonyl (C=O) groups excluding carboxylic acids is 2. The summed E-state index contributed by atoms with van der Waals surface area (Å²) in [6.07, 6.45) is 0. The average Bonchev–Trinajstić information content (AvgIpc) is 2.54. The van der Waals surface area contributed by atoms with Gasteiger partial charge < -0.3 is 20.5 Å². The smallest absolute Gasteiger partial charge is 0.333 e. The van der Waals surface area contributed by atoms with Crippen molar-refractivity contribution in [2.24, 2.45) is 0 Å². The summed E-state index contributed by atoms with van der Waals surface area (Å²) in [4.78, 5) is 25.4. The molecule has 2 aromatic rings. The van der Waals surface area contributed by atoms with Crippen LogP contribution in [0.2, 0.25) is 0 Å². The SMILES string of the molecule is COc1ccc(NC(=O)N(C(C)=O)c2cccc(N)c2)cc1OC. The molecule has 0 aliphatic rings. The molecule has 3 N–H and O–H groups in total. The number of nitrogen functional groups attached to an aromatic ring is 1. The van der Waals surface area contributed by atoms with Crippen molar-refractivity contribution < 1.29 is 19.1 Å². The second-order valence-corrected chi connectivity index (χ2v) is 4.95. The fourth-order valence-corrected chi connectivity index (χ4v) is 2.20. The van der Waals surface area contributed by atoms with E-state index in [1.54, 1.807) is 42.5 Å². The number of carbonyl (C=O) groups is 2. The van der Waals surface area contributed by atoms with Gasteiger partial charge in [-0.2, -0.15) is 0 Å². The van der Waals surface area contributed by atoms with Crippen molar-refractivity contribution in [2.75, 3.05) is 30.2 Å². The number of imide groups is 1. The summed E-state index contributed by atoms with van der Waals surface area (Å²) in [7, 11) is 3.02. The molecule has 2 aromatic carbocycles. The Morgan fingerprint density at radius 3 is 2.33 bits per heavy atom. The molecule has 2 rings (SSSR count). The zero-order valence-electron chi connectivity index (χ0n) is 13.7. The van der Waals surface area contributed by atoms with E-state index < -0.39 is 11.9 Å². The topological polar surface area (TPSA) is 93.9 Å².